The molecular formula is C14H28N6O2Si. The molecule has 2 heterocycles. The molecule has 2 aromatic heterocycles. The molecule has 0 fully saturated rings. The molecule has 0 aromatic carbocycles. The number of hydrogen-bond donors (Lipinski definition) is 3. The van der Waals surface area contributed by atoms with E-state index in [0.717, 1.165) is 17.5 Å². The molecule has 0 amide bonds. The van der Waals surface area contributed by atoms with E-state index in [1.807, 2.05) is 20.8 Å². The number of aryl methyl sites for hydroxylation is 2. The van der Waals surface area contributed by atoms with Crippen molar-refractivity contribution in [3.05, 3.63) is 23.3 Å². The van der Waals surface area contributed by atoms with Crippen molar-refractivity contribution in [3.63, 3.8) is 0 Å². The fraction of sp³-hybridized carbons (Fsp3) is 0.714. The Kier molecular flexibility index (Phi) is 6.60. The van der Waals surface area contributed by atoms with Gasteiger partial charge in [0.15, 0.2) is 21.4 Å². The van der Waals surface area contributed by atoms with Gasteiger partial charge in [0, 0.05) is 0 Å². The second-order valence-corrected chi connectivity index (χ2v) is 9.80. The van der Waals surface area contributed by atoms with Crippen molar-refractivity contribution in [2.45, 2.75) is 65.7 Å². The highest BCUT2D eigenvalue weighted by Gasteiger charge is 2.27. The van der Waals surface area contributed by atoms with Crippen molar-refractivity contribution in [1.82, 2.24) is 30.4 Å². The van der Waals surface area contributed by atoms with E-state index in [1.165, 1.54) is 0 Å². The molecule has 0 radical (unpaired) electrons. The predicted molar refractivity (Wildman–Crippen MR) is 90.5 cm³/mol. The van der Waals surface area contributed by atoms with Crippen LogP contribution in [-0.2, 0) is 16.6 Å². The highest BCUT2D eigenvalue weighted by molar-refractivity contribution is 6.31. The van der Waals surface area contributed by atoms with Crippen LogP contribution in [0.15, 0.2) is 0 Å². The van der Waals surface area contributed by atoms with E-state index < -0.39 is 9.76 Å². The number of nitrogens with zero attached hydrogens (tertiary/aromatic N) is 4. The maximum atomic E-state index is 8.41. The standard InChI is InChI=1S/C10H21N3OSi.C4H7N3O/c1-7-11-8(13-12-7)10(5,6)14-15-9(2,3)4;1-3-5-4(2-8)7-6-3/h15H2,1-6H3,(H,11,12,13);8H,2H2,1H3,(H,5,6,7). The number of hydrogen-bond acceptors (Lipinski definition) is 6. The Morgan fingerprint density at radius 2 is 1.57 bits per heavy atom. The fourth-order valence-corrected chi connectivity index (χ4v) is 2.46. The van der Waals surface area contributed by atoms with Gasteiger partial charge in [-0.1, -0.05) is 20.8 Å². The molecule has 2 rings (SSSR count). The summed E-state index contributed by atoms with van der Waals surface area (Å²) in [5.74, 6) is 2.76. The first-order chi connectivity index (χ1) is 10.5. The number of aliphatic hydroxyl groups excluding tert-OH is 1. The SMILES string of the molecule is Cc1nc(C(C)(C)O[SiH2]C(C)(C)C)n[nH]1.Cc1nc(CO)n[nH]1. The van der Waals surface area contributed by atoms with Crippen LogP contribution in [0, 0.1) is 13.8 Å². The van der Waals surface area contributed by atoms with Gasteiger partial charge >= 0.3 is 0 Å². The minimum absolute atomic E-state index is 0.0929. The zero-order chi connectivity index (χ0) is 17.7. The summed E-state index contributed by atoms with van der Waals surface area (Å²) in [6.07, 6.45) is 0. The van der Waals surface area contributed by atoms with Crippen LogP contribution in [0.4, 0.5) is 0 Å². The Morgan fingerprint density at radius 1 is 1.00 bits per heavy atom. The minimum Gasteiger partial charge on any atom is -0.411 e. The zero-order valence-electron chi connectivity index (χ0n) is 15.1. The van der Waals surface area contributed by atoms with E-state index in [0.29, 0.717) is 10.9 Å². The van der Waals surface area contributed by atoms with Crippen molar-refractivity contribution >= 4 is 9.76 Å². The van der Waals surface area contributed by atoms with E-state index in [1.54, 1.807) is 6.92 Å². The van der Waals surface area contributed by atoms with Crippen molar-refractivity contribution < 1.29 is 9.53 Å². The van der Waals surface area contributed by atoms with Gasteiger partial charge in [0.05, 0.1) is 0 Å². The summed E-state index contributed by atoms with van der Waals surface area (Å²) in [6.45, 7) is 14.3. The van der Waals surface area contributed by atoms with Crippen LogP contribution >= 0.6 is 0 Å². The number of aromatic nitrogens is 6. The molecule has 9 heteroatoms. The third kappa shape index (κ3) is 7.02. The number of rotatable bonds is 4. The van der Waals surface area contributed by atoms with Gasteiger partial charge in [-0.25, -0.2) is 9.97 Å². The van der Waals surface area contributed by atoms with Crippen LogP contribution in [0.25, 0.3) is 0 Å². The average Bonchev–Trinajstić information content (AvgIpc) is 3.05. The largest absolute Gasteiger partial charge is 0.411 e. The Morgan fingerprint density at radius 3 is 1.91 bits per heavy atom. The zero-order valence-corrected chi connectivity index (χ0v) is 16.5. The minimum atomic E-state index is -0.583. The van der Waals surface area contributed by atoms with Crippen molar-refractivity contribution in [2.75, 3.05) is 0 Å². The van der Waals surface area contributed by atoms with Crippen LogP contribution in [0.1, 0.15) is 57.9 Å². The smallest absolute Gasteiger partial charge is 0.180 e. The first-order valence-electron chi connectivity index (χ1n) is 7.55. The highest BCUT2D eigenvalue weighted by atomic mass is 28.2. The van der Waals surface area contributed by atoms with Crippen LogP contribution in [0.2, 0.25) is 5.04 Å². The maximum Gasteiger partial charge on any atom is 0.180 e. The van der Waals surface area contributed by atoms with E-state index in [-0.39, 0.29) is 12.2 Å². The molecule has 130 valence electrons. The normalized spacial score (nSPS) is 12.5. The number of aromatic amines is 2. The Labute approximate surface area is 139 Å². The van der Waals surface area contributed by atoms with Crippen LogP contribution in [-0.4, -0.2) is 45.2 Å². The molecule has 0 aliphatic rings. The molecule has 0 unspecified atom stereocenters. The summed E-state index contributed by atoms with van der Waals surface area (Å²) in [4.78, 5) is 8.13. The number of aliphatic hydroxyl groups is 1. The lowest BCUT2D eigenvalue weighted by atomic mass is 10.1. The van der Waals surface area contributed by atoms with E-state index >= 15 is 0 Å². The third-order valence-electron chi connectivity index (χ3n) is 2.79. The molecule has 0 spiro atoms. The van der Waals surface area contributed by atoms with Crippen LogP contribution < -0.4 is 0 Å². The van der Waals surface area contributed by atoms with Crippen molar-refractivity contribution in [2.24, 2.45) is 0 Å². The van der Waals surface area contributed by atoms with Crippen molar-refractivity contribution in [3.8, 4) is 0 Å². The number of H-pyrrole nitrogens is 2. The topological polar surface area (TPSA) is 113 Å². The predicted octanol–water partition coefficient (Wildman–Crippen LogP) is 1.27. The molecular weight excluding hydrogens is 312 g/mol. The molecule has 0 aliphatic heterocycles. The lowest BCUT2D eigenvalue weighted by Gasteiger charge is -2.27. The summed E-state index contributed by atoms with van der Waals surface area (Å²) in [7, 11) is -0.583. The summed E-state index contributed by atoms with van der Waals surface area (Å²) in [5.41, 5.74) is -0.371. The summed E-state index contributed by atoms with van der Waals surface area (Å²) < 4.78 is 5.99. The van der Waals surface area contributed by atoms with Crippen molar-refractivity contribution in [1.29, 1.82) is 0 Å². The molecule has 0 atom stereocenters. The van der Waals surface area contributed by atoms with E-state index in [2.05, 4.69) is 51.1 Å². The lowest BCUT2D eigenvalue weighted by molar-refractivity contribution is 0.0994. The summed E-state index contributed by atoms with van der Waals surface area (Å²) >= 11 is 0. The maximum absolute atomic E-state index is 8.41. The molecule has 23 heavy (non-hydrogen) atoms. The van der Waals surface area contributed by atoms with Gasteiger partial charge in [0.1, 0.15) is 23.9 Å². The van der Waals surface area contributed by atoms with Gasteiger partial charge in [-0.15, -0.1) is 0 Å². The monoisotopic (exact) mass is 340 g/mol. The van der Waals surface area contributed by atoms with Crippen LogP contribution in [0.5, 0.6) is 0 Å². The molecule has 2 aromatic rings. The summed E-state index contributed by atoms with van der Waals surface area (Å²) in [6, 6.07) is 0. The Hall–Kier alpha value is -1.58. The highest BCUT2D eigenvalue weighted by Crippen LogP contribution is 2.27. The lowest BCUT2D eigenvalue weighted by Crippen LogP contribution is -2.28. The molecule has 0 saturated heterocycles. The molecule has 0 aliphatic carbocycles. The van der Waals surface area contributed by atoms with E-state index in [9.17, 15) is 0 Å². The van der Waals surface area contributed by atoms with Crippen LogP contribution in [0.3, 0.4) is 0 Å². The van der Waals surface area contributed by atoms with Gasteiger partial charge in [0.25, 0.3) is 0 Å². The molecule has 0 bridgehead atoms. The number of nitrogens with one attached hydrogen (secondary N) is 2. The Bertz CT molecular complexity index is 602. The fourth-order valence-electron chi connectivity index (χ4n) is 1.53. The summed E-state index contributed by atoms with van der Waals surface area (Å²) in [5, 5.41) is 21.9. The first-order valence-corrected chi connectivity index (χ1v) is 8.84. The first kappa shape index (κ1) is 19.5. The van der Waals surface area contributed by atoms with Gasteiger partial charge in [-0.3, -0.25) is 10.2 Å². The molecule has 8 nitrogen and oxygen atoms in total. The second-order valence-electron chi connectivity index (χ2n) is 7.10. The average molecular weight is 341 g/mol. The van der Waals surface area contributed by atoms with Gasteiger partial charge in [-0.05, 0) is 32.7 Å². The second kappa shape index (κ2) is 7.80. The van der Waals surface area contributed by atoms with Gasteiger partial charge in [0.2, 0.25) is 0 Å². The molecule has 3 N–H and O–H groups in total. The Balaban J connectivity index is 0.000000277. The molecule has 0 saturated carbocycles. The van der Waals surface area contributed by atoms with E-state index in [4.69, 9.17) is 9.53 Å². The van der Waals surface area contributed by atoms with Gasteiger partial charge in [-0.2, -0.15) is 10.2 Å². The quantitative estimate of drug-likeness (QED) is 0.723. The van der Waals surface area contributed by atoms with Gasteiger partial charge < -0.3 is 9.53 Å². The third-order valence-corrected chi connectivity index (χ3v) is 4.52.